The third-order valence-electron chi connectivity index (χ3n) is 3.35. The Labute approximate surface area is 92.3 Å². The van der Waals surface area contributed by atoms with Gasteiger partial charge in [0.15, 0.2) is 0 Å². The van der Waals surface area contributed by atoms with Crippen molar-refractivity contribution in [2.75, 3.05) is 24.5 Å². The maximum absolute atomic E-state index is 3.36. The van der Waals surface area contributed by atoms with Crippen LogP contribution in [0, 0.1) is 0 Å². The highest BCUT2D eigenvalue weighted by Crippen LogP contribution is 2.38. The molecule has 2 fully saturated rings. The second-order valence-corrected chi connectivity index (χ2v) is 4.07. The van der Waals surface area contributed by atoms with E-state index in [4.69, 9.17) is 0 Å². The van der Waals surface area contributed by atoms with Gasteiger partial charge in [-0.25, -0.2) is 0 Å². The molecule has 1 N–H and O–H groups in total. The summed E-state index contributed by atoms with van der Waals surface area (Å²) in [4.78, 5) is 2.53. The minimum atomic E-state index is 0.487. The van der Waals surface area contributed by atoms with Crippen LogP contribution in [-0.4, -0.2) is 25.2 Å². The van der Waals surface area contributed by atoms with Crippen molar-refractivity contribution in [1.29, 1.82) is 0 Å². The number of nitrogens with one attached hydrogen (secondary N) is 1. The van der Waals surface area contributed by atoms with Crippen LogP contribution in [0.5, 0.6) is 0 Å². The number of rotatable bonds is 1. The molecule has 1 spiro atoms. The predicted octanol–water partition coefficient (Wildman–Crippen LogP) is 2.26. The molecule has 3 rings (SSSR count). The maximum atomic E-state index is 3.36. The Hall–Kier alpha value is -1.02. The average molecular weight is 204 g/mol. The molecule has 2 saturated heterocycles. The van der Waals surface area contributed by atoms with E-state index in [-0.39, 0.29) is 0 Å². The van der Waals surface area contributed by atoms with Crippen molar-refractivity contribution >= 4 is 5.69 Å². The standard InChI is InChI=1S/C11H14N2.C2H6/c1-2-4-10(5-3-1)13-7-6-11(13)8-12-9-11;1-2/h1-5,12H,6-9H2;1-2H3. The largest absolute Gasteiger partial charge is 0.363 e. The van der Waals surface area contributed by atoms with Gasteiger partial charge in [0.25, 0.3) is 0 Å². The molecule has 2 aliphatic heterocycles. The SMILES string of the molecule is CC.c1ccc(N2CCC23CNC3)cc1. The molecule has 0 amide bonds. The Bertz CT molecular complexity index is 298. The quantitative estimate of drug-likeness (QED) is 0.755. The lowest BCUT2D eigenvalue weighted by atomic mass is 9.79. The van der Waals surface area contributed by atoms with Crippen molar-refractivity contribution in [1.82, 2.24) is 5.32 Å². The van der Waals surface area contributed by atoms with Gasteiger partial charge in [0.05, 0.1) is 5.54 Å². The van der Waals surface area contributed by atoms with Gasteiger partial charge in [0.1, 0.15) is 0 Å². The highest BCUT2D eigenvalue weighted by molar-refractivity contribution is 5.53. The lowest BCUT2D eigenvalue weighted by Crippen LogP contribution is -2.76. The van der Waals surface area contributed by atoms with Crippen LogP contribution in [0.3, 0.4) is 0 Å². The fraction of sp³-hybridized carbons (Fsp3) is 0.538. The number of nitrogens with zero attached hydrogens (tertiary/aromatic N) is 1. The molecule has 2 heteroatoms. The Balaban J connectivity index is 0.000000404. The van der Waals surface area contributed by atoms with Crippen LogP contribution in [0.1, 0.15) is 20.3 Å². The Kier molecular flexibility index (Phi) is 2.96. The molecule has 2 nitrogen and oxygen atoms in total. The fourth-order valence-electron chi connectivity index (χ4n) is 2.33. The maximum Gasteiger partial charge on any atom is 0.0667 e. The summed E-state index contributed by atoms with van der Waals surface area (Å²) in [6, 6.07) is 10.7. The molecule has 0 bridgehead atoms. The molecule has 2 heterocycles. The number of hydrogen-bond donors (Lipinski definition) is 1. The summed E-state index contributed by atoms with van der Waals surface area (Å²) in [5.41, 5.74) is 1.87. The lowest BCUT2D eigenvalue weighted by molar-refractivity contribution is 0.179. The molecule has 0 atom stereocenters. The van der Waals surface area contributed by atoms with E-state index in [1.165, 1.54) is 31.7 Å². The number of hydrogen-bond acceptors (Lipinski definition) is 2. The Morgan fingerprint density at radius 1 is 1.13 bits per heavy atom. The van der Waals surface area contributed by atoms with Gasteiger partial charge in [-0.1, -0.05) is 32.0 Å². The minimum Gasteiger partial charge on any atom is -0.363 e. The summed E-state index contributed by atoms with van der Waals surface area (Å²) in [5, 5.41) is 3.36. The second-order valence-electron chi connectivity index (χ2n) is 4.07. The van der Waals surface area contributed by atoms with Crippen molar-refractivity contribution in [2.24, 2.45) is 0 Å². The van der Waals surface area contributed by atoms with Gasteiger partial charge in [-0.05, 0) is 18.6 Å². The van der Waals surface area contributed by atoms with Crippen molar-refractivity contribution in [3.63, 3.8) is 0 Å². The van der Waals surface area contributed by atoms with Crippen LogP contribution in [0.2, 0.25) is 0 Å². The smallest absolute Gasteiger partial charge is 0.0667 e. The molecule has 0 unspecified atom stereocenters. The van der Waals surface area contributed by atoms with E-state index >= 15 is 0 Å². The normalized spacial score (nSPS) is 21.1. The summed E-state index contributed by atoms with van der Waals surface area (Å²) < 4.78 is 0. The Morgan fingerprint density at radius 2 is 1.80 bits per heavy atom. The van der Waals surface area contributed by atoms with E-state index in [0.29, 0.717) is 5.54 Å². The highest BCUT2D eigenvalue weighted by Gasteiger charge is 2.49. The third-order valence-corrected chi connectivity index (χ3v) is 3.35. The molecule has 1 aromatic carbocycles. The number of anilines is 1. The monoisotopic (exact) mass is 204 g/mol. The van der Waals surface area contributed by atoms with Crippen molar-refractivity contribution in [3.8, 4) is 0 Å². The minimum absolute atomic E-state index is 0.487. The number of benzene rings is 1. The number of para-hydroxylation sites is 1. The molecule has 0 radical (unpaired) electrons. The molecule has 0 aliphatic carbocycles. The third kappa shape index (κ3) is 1.63. The van der Waals surface area contributed by atoms with Gasteiger partial charge < -0.3 is 10.2 Å². The summed E-state index contributed by atoms with van der Waals surface area (Å²) in [6.45, 7) is 7.56. The van der Waals surface area contributed by atoms with Crippen LogP contribution >= 0.6 is 0 Å². The summed E-state index contributed by atoms with van der Waals surface area (Å²) in [7, 11) is 0. The van der Waals surface area contributed by atoms with Gasteiger partial charge in [0.2, 0.25) is 0 Å². The fourth-order valence-corrected chi connectivity index (χ4v) is 2.33. The van der Waals surface area contributed by atoms with Gasteiger partial charge >= 0.3 is 0 Å². The molecule has 82 valence electrons. The lowest BCUT2D eigenvalue weighted by Gasteiger charge is -2.60. The van der Waals surface area contributed by atoms with Gasteiger partial charge in [-0.15, -0.1) is 0 Å². The van der Waals surface area contributed by atoms with Crippen molar-refractivity contribution in [3.05, 3.63) is 30.3 Å². The first-order valence-electron chi connectivity index (χ1n) is 5.94. The van der Waals surface area contributed by atoms with Gasteiger partial charge in [-0.3, -0.25) is 0 Å². The first kappa shape index (κ1) is 10.5. The molecule has 15 heavy (non-hydrogen) atoms. The molecule has 0 saturated carbocycles. The topological polar surface area (TPSA) is 15.3 Å². The summed E-state index contributed by atoms with van der Waals surface area (Å²) in [6.07, 6.45) is 1.36. The van der Waals surface area contributed by atoms with Crippen LogP contribution in [0.4, 0.5) is 5.69 Å². The van der Waals surface area contributed by atoms with Gasteiger partial charge in [0, 0.05) is 25.3 Å². The van der Waals surface area contributed by atoms with Crippen LogP contribution < -0.4 is 10.2 Å². The van der Waals surface area contributed by atoms with E-state index in [1.54, 1.807) is 0 Å². The van der Waals surface area contributed by atoms with E-state index in [0.717, 1.165) is 0 Å². The molecule has 2 aliphatic rings. The van der Waals surface area contributed by atoms with Crippen LogP contribution in [-0.2, 0) is 0 Å². The zero-order valence-corrected chi connectivity index (χ0v) is 9.66. The van der Waals surface area contributed by atoms with E-state index < -0.39 is 0 Å². The van der Waals surface area contributed by atoms with E-state index in [1.807, 2.05) is 13.8 Å². The molecular formula is C13H20N2. The predicted molar refractivity (Wildman–Crippen MR) is 65.4 cm³/mol. The first-order valence-corrected chi connectivity index (χ1v) is 5.94. The van der Waals surface area contributed by atoms with Crippen LogP contribution in [0.25, 0.3) is 0 Å². The van der Waals surface area contributed by atoms with Crippen molar-refractivity contribution < 1.29 is 0 Å². The second kappa shape index (κ2) is 4.23. The highest BCUT2D eigenvalue weighted by atomic mass is 15.3. The summed E-state index contributed by atoms with van der Waals surface area (Å²) >= 11 is 0. The van der Waals surface area contributed by atoms with E-state index in [9.17, 15) is 0 Å². The van der Waals surface area contributed by atoms with Crippen LogP contribution in [0.15, 0.2) is 30.3 Å². The van der Waals surface area contributed by atoms with E-state index in [2.05, 4.69) is 40.5 Å². The zero-order chi connectivity index (χ0) is 10.7. The zero-order valence-electron chi connectivity index (χ0n) is 9.66. The molecule has 1 aromatic rings. The first-order chi connectivity index (χ1) is 7.41. The molecule has 0 aromatic heterocycles. The summed E-state index contributed by atoms with van der Waals surface area (Å²) in [5.74, 6) is 0. The van der Waals surface area contributed by atoms with Gasteiger partial charge in [-0.2, -0.15) is 0 Å². The Morgan fingerprint density at radius 3 is 2.20 bits per heavy atom. The van der Waals surface area contributed by atoms with Crippen molar-refractivity contribution in [2.45, 2.75) is 25.8 Å². The average Bonchev–Trinajstić information content (AvgIpc) is 2.19. The molecular weight excluding hydrogens is 184 g/mol.